The van der Waals surface area contributed by atoms with E-state index in [-0.39, 0.29) is 11.6 Å². The summed E-state index contributed by atoms with van der Waals surface area (Å²) >= 11 is 12.0. The second-order valence-corrected chi connectivity index (χ2v) is 6.33. The number of carboxylic acid groups (broad SMARTS) is 1. The third-order valence-electron chi connectivity index (χ3n) is 3.92. The molecule has 1 aromatic heterocycles. The maximum Gasteiger partial charge on any atom is 0.356 e. The van der Waals surface area contributed by atoms with Crippen LogP contribution in [0, 0.1) is 0 Å². The van der Waals surface area contributed by atoms with Crippen molar-refractivity contribution in [2.24, 2.45) is 0 Å². The molecule has 1 amide bonds. The Labute approximate surface area is 153 Å². The number of carbonyl (C=O) groups is 2. The van der Waals surface area contributed by atoms with Gasteiger partial charge in [-0.3, -0.25) is 4.79 Å². The first-order valence-corrected chi connectivity index (χ1v) is 8.27. The fourth-order valence-electron chi connectivity index (χ4n) is 2.58. The number of benzene rings is 1. The number of carboxylic acids is 1. The van der Waals surface area contributed by atoms with Crippen molar-refractivity contribution in [3.05, 3.63) is 51.6 Å². The molecular formula is C16H14Cl2N4O3. The molecular weight excluding hydrogens is 367 g/mol. The monoisotopic (exact) mass is 380 g/mol. The highest BCUT2D eigenvalue weighted by Gasteiger charge is 2.24. The Morgan fingerprint density at radius 3 is 2.32 bits per heavy atom. The van der Waals surface area contributed by atoms with Crippen LogP contribution in [0.15, 0.2) is 30.3 Å². The third kappa shape index (κ3) is 3.83. The average Bonchev–Trinajstić information content (AvgIpc) is 2.63. The lowest BCUT2D eigenvalue weighted by Gasteiger charge is -2.35. The number of amides is 1. The van der Waals surface area contributed by atoms with Crippen molar-refractivity contribution in [2.75, 3.05) is 31.1 Å². The highest BCUT2D eigenvalue weighted by molar-refractivity contribution is 6.35. The predicted octanol–water partition coefficient (Wildman–Crippen LogP) is 2.44. The van der Waals surface area contributed by atoms with Crippen LogP contribution in [0.2, 0.25) is 10.0 Å². The maximum atomic E-state index is 12.6. The van der Waals surface area contributed by atoms with Crippen molar-refractivity contribution in [2.45, 2.75) is 0 Å². The van der Waals surface area contributed by atoms with E-state index in [1.165, 1.54) is 6.07 Å². The van der Waals surface area contributed by atoms with Gasteiger partial charge in [0.25, 0.3) is 5.91 Å². The van der Waals surface area contributed by atoms with E-state index < -0.39 is 5.97 Å². The van der Waals surface area contributed by atoms with Crippen LogP contribution in [0.5, 0.6) is 0 Å². The Morgan fingerprint density at radius 2 is 1.72 bits per heavy atom. The molecule has 3 rings (SSSR count). The molecule has 1 aliphatic rings. The summed E-state index contributed by atoms with van der Waals surface area (Å²) in [5.41, 5.74) is 0.279. The summed E-state index contributed by atoms with van der Waals surface area (Å²) in [5, 5.41) is 17.3. The zero-order valence-electron chi connectivity index (χ0n) is 13.0. The Hall–Kier alpha value is -2.38. The second-order valence-electron chi connectivity index (χ2n) is 5.49. The minimum absolute atomic E-state index is 0.104. The van der Waals surface area contributed by atoms with Crippen molar-refractivity contribution >= 4 is 40.9 Å². The van der Waals surface area contributed by atoms with Crippen molar-refractivity contribution in [1.82, 2.24) is 15.1 Å². The molecule has 1 fully saturated rings. The summed E-state index contributed by atoms with van der Waals surface area (Å²) in [6, 6.07) is 7.83. The van der Waals surface area contributed by atoms with Gasteiger partial charge in [-0.15, -0.1) is 10.2 Å². The van der Waals surface area contributed by atoms with Gasteiger partial charge >= 0.3 is 5.97 Å². The molecule has 0 spiro atoms. The first-order chi connectivity index (χ1) is 12.0. The van der Waals surface area contributed by atoms with E-state index in [2.05, 4.69) is 10.2 Å². The Balaban J connectivity index is 1.66. The van der Waals surface area contributed by atoms with Gasteiger partial charge in [-0.25, -0.2) is 4.79 Å². The van der Waals surface area contributed by atoms with Crippen LogP contribution in [0.25, 0.3) is 0 Å². The lowest BCUT2D eigenvalue weighted by molar-refractivity contribution is 0.0687. The molecule has 1 aliphatic heterocycles. The molecule has 1 aromatic carbocycles. The number of anilines is 1. The zero-order chi connectivity index (χ0) is 18.0. The van der Waals surface area contributed by atoms with Gasteiger partial charge < -0.3 is 14.9 Å². The van der Waals surface area contributed by atoms with Crippen LogP contribution in [-0.2, 0) is 0 Å². The van der Waals surface area contributed by atoms with Crippen LogP contribution < -0.4 is 4.90 Å². The van der Waals surface area contributed by atoms with Crippen molar-refractivity contribution in [3.63, 3.8) is 0 Å². The van der Waals surface area contributed by atoms with E-state index in [0.29, 0.717) is 47.6 Å². The molecule has 0 saturated carbocycles. The second kappa shape index (κ2) is 7.25. The number of piperazine rings is 1. The minimum Gasteiger partial charge on any atom is -0.476 e. The molecule has 0 atom stereocenters. The SMILES string of the molecule is O=C(O)c1ccc(N2CCN(C(=O)c3cc(Cl)ccc3Cl)CC2)nn1. The number of aromatic carboxylic acids is 1. The van der Waals surface area contributed by atoms with Gasteiger partial charge in [0.15, 0.2) is 11.5 Å². The maximum absolute atomic E-state index is 12.6. The Morgan fingerprint density at radius 1 is 1.00 bits per heavy atom. The lowest BCUT2D eigenvalue weighted by Crippen LogP contribution is -2.49. The lowest BCUT2D eigenvalue weighted by atomic mass is 10.1. The van der Waals surface area contributed by atoms with Crippen molar-refractivity contribution in [1.29, 1.82) is 0 Å². The minimum atomic E-state index is -1.12. The van der Waals surface area contributed by atoms with E-state index in [4.69, 9.17) is 28.3 Å². The van der Waals surface area contributed by atoms with Crippen LogP contribution in [0.3, 0.4) is 0 Å². The van der Waals surface area contributed by atoms with E-state index in [9.17, 15) is 9.59 Å². The number of aromatic nitrogens is 2. The topological polar surface area (TPSA) is 86.6 Å². The van der Waals surface area contributed by atoms with Gasteiger partial charge in [0.1, 0.15) is 0 Å². The van der Waals surface area contributed by atoms with Crippen LogP contribution in [-0.4, -0.2) is 58.3 Å². The van der Waals surface area contributed by atoms with Crippen molar-refractivity contribution < 1.29 is 14.7 Å². The Kier molecular flexibility index (Phi) is 5.06. The molecule has 1 N–H and O–H groups in total. The summed E-state index contributed by atoms with van der Waals surface area (Å²) < 4.78 is 0. The molecule has 7 nitrogen and oxygen atoms in total. The van der Waals surface area contributed by atoms with E-state index in [1.54, 1.807) is 29.2 Å². The van der Waals surface area contributed by atoms with Crippen LogP contribution in [0.1, 0.15) is 20.8 Å². The van der Waals surface area contributed by atoms with E-state index in [1.807, 2.05) is 4.90 Å². The van der Waals surface area contributed by atoms with Gasteiger partial charge in [0, 0.05) is 31.2 Å². The molecule has 130 valence electrons. The highest BCUT2D eigenvalue weighted by atomic mass is 35.5. The molecule has 2 heterocycles. The zero-order valence-corrected chi connectivity index (χ0v) is 14.5. The van der Waals surface area contributed by atoms with E-state index in [0.717, 1.165) is 0 Å². The predicted molar refractivity (Wildman–Crippen MR) is 93.6 cm³/mol. The number of hydrogen-bond donors (Lipinski definition) is 1. The summed E-state index contributed by atoms with van der Waals surface area (Å²) in [6.45, 7) is 2.10. The standard InChI is InChI=1S/C16H14Cl2N4O3/c17-10-1-2-12(18)11(9-10)15(23)22-7-5-21(6-8-22)14-4-3-13(16(24)25)19-20-14/h1-4,9H,5-8H2,(H,24,25). The Bertz CT molecular complexity index is 806. The summed E-state index contributed by atoms with van der Waals surface area (Å²) in [6.07, 6.45) is 0. The van der Waals surface area contributed by atoms with E-state index >= 15 is 0 Å². The number of hydrogen-bond acceptors (Lipinski definition) is 5. The number of rotatable bonds is 3. The molecule has 0 bridgehead atoms. The van der Waals surface area contributed by atoms with Gasteiger partial charge in [0.2, 0.25) is 0 Å². The summed E-state index contributed by atoms with van der Waals surface area (Å²) in [5.74, 6) is -0.704. The summed E-state index contributed by atoms with van der Waals surface area (Å²) in [4.78, 5) is 27.1. The molecule has 0 aliphatic carbocycles. The van der Waals surface area contributed by atoms with Crippen LogP contribution >= 0.6 is 23.2 Å². The molecule has 0 unspecified atom stereocenters. The van der Waals surface area contributed by atoms with Gasteiger partial charge in [-0.05, 0) is 30.3 Å². The quantitative estimate of drug-likeness (QED) is 0.879. The molecule has 1 saturated heterocycles. The number of carbonyl (C=O) groups excluding carboxylic acids is 1. The molecule has 2 aromatic rings. The smallest absolute Gasteiger partial charge is 0.356 e. The first-order valence-electron chi connectivity index (χ1n) is 7.52. The normalized spacial score (nSPS) is 14.5. The molecule has 25 heavy (non-hydrogen) atoms. The molecule has 9 heteroatoms. The van der Waals surface area contributed by atoms with Crippen LogP contribution in [0.4, 0.5) is 5.82 Å². The summed E-state index contributed by atoms with van der Waals surface area (Å²) in [7, 11) is 0. The number of halogens is 2. The fourth-order valence-corrected chi connectivity index (χ4v) is 2.95. The highest BCUT2D eigenvalue weighted by Crippen LogP contribution is 2.23. The van der Waals surface area contributed by atoms with Gasteiger partial charge in [-0.1, -0.05) is 23.2 Å². The van der Waals surface area contributed by atoms with Gasteiger partial charge in [0.05, 0.1) is 10.6 Å². The third-order valence-corrected chi connectivity index (χ3v) is 4.48. The van der Waals surface area contributed by atoms with Gasteiger partial charge in [-0.2, -0.15) is 0 Å². The number of nitrogens with zero attached hydrogens (tertiary/aromatic N) is 4. The molecule has 0 radical (unpaired) electrons. The largest absolute Gasteiger partial charge is 0.476 e. The van der Waals surface area contributed by atoms with Crippen molar-refractivity contribution in [3.8, 4) is 0 Å². The fraction of sp³-hybridized carbons (Fsp3) is 0.250. The average molecular weight is 381 g/mol. The first kappa shape index (κ1) is 17.4.